The predicted octanol–water partition coefficient (Wildman–Crippen LogP) is 5.51. The summed E-state index contributed by atoms with van der Waals surface area (Å²) in [5.74, 6) is 0. The van der Waals surface area contributed by atoms with Crippen LogP contribution >= 0.6 is 0 Å². The van der Waals surface area contributed by atoms with E-state index in [9.17, 15) is 0 Å². The summed E-state index contributed by atoms with van der Waals surface area (Å²) in [5.41, 5.74) is 5.81. The number of aliphatic imine (C=N–C) groups is 1. The van der Waals surface area contributed by atoms with E-state index in [1.807, 2.05) is 24.5 Å². The van der Waals surface area contributed by atoms with Crippen molar-refractivity contribution in [3.63, 3.8) is 0 Å². The van der Waals surface area contributed by atoms with Gasteiger partial charge >= 0.3 is 0 Å². The van der Waals surface area contributed by atoms with Crippen molar-refractivity contribution >= 4 is 23.8 Å². The Balaban J connectivity index is 1.23. The summed E-state index contributed by atoms with van der Waals surface area (Å²) >= 11 is 0. The van der Waals surface area contributed by atoms with E-state index in [0.717, 1.165) is 75.1 Å². The molecule has 6 heteroatoms. The molecule has 1 aliphatic carbocycles. The number of anilines is 2. The lowest BCUT2D eigenvalue weighted by molar-refractivity contribution is 0.257. The van der Waals surface area contributed by atoms with Gasteiger partial charge in [0.2, 0.25) is 0 Å². The molecule has 0 spiro atoms. The molecule has 1 aromatic rings. The number of fused-ring (bicyclic) bond motifs is 1. The zero-order chi connectivity index (χ0) is 24.5. The predicted molar refractivity (Wildman–Crippen MR) is 150 cm³/mol. The highest BCUT2D eigenvalue weighted by atomic mass is 15.2. The van der Waals surface area contributed by atoms with Crippen LogP contribution in [0.1, 0.15) is 45.4 Å². The lowest BCUT2D eigenvalue weighted by Crippen LogP contribution is -2.41. The second kappa shape index (κ2) is 12.4. The van der Waals surface area contributed by atoms with Gasteiger partial charge in [0.15, 0.2) is 0 Å². The van der Waals surface area contributed by atoms with Crippen molar-refractivity contribution in [3.05, 3.63) is 72.1 Å². The second-order valence-electron chi connectivity index (χ2n) is 9.69. The van der Waals surface area contributed by atoms with Crippen LogP contribution in [0.3, 0.4) is 0 Å². The molecule has 1 saturated carbocycles. The molecule has 2 heterocycles. The molecule has 2 fully saturated rings. The molecule has 1 unspecified atom stereocenters. The lowest BCUT2D eigenvalue weighted by atomic mass is 9.92. The van der Waals surface area contributed by atoms with Gasteiger partial charge in [-0.3, -0.25) is 4.99 Å². The molecule has 4 N–H and O–H groups in total. The number of piperidine rings is 1. The van der Waals surface area contributed by atoms with E-state index in [0.29, 0.717) is 12.1 Å². The van der Waals surface area contributed by atoms with Crippen LogP contribution in [0.2, 0.25) is 0 Å². The fourth-order valence-electron chi connectivity index (χ4n) is 5.03. The normalized spacial score (nSPS) is 22.7. The van der Waals surface area contributed by atoms with Gasteiger partial charge in [0, 0.05) is 55.6 Å². The Kier molecular flexibility index (Phi) is 8.82. The van der Waals surface area contributed by atoms with Crippen molar-refractivity contribution in [1.82, 2.24) is 10.2 Å². The zero-order valence-electron chi connectivity index (χ0n) is 21.0. The molecular formula is C29H40N6. The van der Waals surface area contributed by atoms with Gasteiger partial charge in [0.05, 0.1) is 23.5 Å². The minimum Gasteiger partial charge on any atom is -0.388 e. The molecule has 1 atom stereocenters. The lowest BCUT2D eigenvalue weighted by Gasteiger charge is -2.35. The maximum absolute atomic E-state index is 7.93. The Hall–Kier alpha value is -3.28. The average molecular weight is 473 g/mol. The third kappa shape index (κ3) is 6.87. The van der Waals surface area contributed by atoms with E-state index in [2.05, 4.69) is 64.7 Å². The standard InChI is InChI=1S/C29H40N6/c1-3-26(7-6-16-31-24-12-10-22(2)11-13-24)35-17-14-25(15-18-35)32-20-23(19-30)29-21-33-27-8-4-5-9-28(27)34-29/h3-9,16,19-20,24-25,29-30,32-34H,2,10-15,17-18,21H2,1H3/b7-6-,23-20+,26-3+,30-19?,31-16+. The Morgan fingerprint density at radius 3 is 2.60 bits per heavy atom. The number of para-hydroxylation sites is 2. The van der Waals surface area contributed by atoms with Crippen molar-refractivity contribution < 1.29 is 0 Å². The van der Waals surface area contributed by atoms with Crippen LogP contribution in [-0.2, 0) is 0 Å². The Morgan fingerprint density at radius 1 is 1.14 bits per heavy atom. The summed E-state index contributed by atoms with van der Waals surface area (Å²) in [6.07, 6.45) is 18.6. The summed E-state index contributed by atoms with van der Waals surface area (Å²) < 4.78 is 0. The van der Waals surface area contributed by atoms with E-state index < -0.39 is 0 Å². The van der Waals surface area contributed by atoms with Gasteiger partial charge in [-0.1, -0.05) is 30.4 Å². The first-order valence-corrected chi connectivity index (χ1v) is 13.0. The number of hydrogen-bond acceptors (Lipinski definition) is 6. The SMILES string of the molecule is C=C1CCC(/N=C/C=C\C(=C/C)N2CCC(N/C=C(\C=N)C3CNc4ccccc4N3)CC2)CC1. The highest BCUT2D eigenvalue weighted by Crippen LogP contribution is 2.27. The first-order chi connectivity index (χ1) is 17.2. The minimum absolute atomic E-state index is 0.0869. The molecule has 1 aromatic carbocycles. The molecule has 0 radical (unpaired) electrons. The number of nitrogens with zero attached hydrogens (tertiary/aromatic N) is 2. The van der Waals surface area contributed by atoms with Crippen LogP contribution in [0, 0.1) is 5.41 Å². The number of rotatable bonds is 8. The zero-order valence-corrected chi connectivity index (χ0v) is 21.0. The molecule has 0 bridgehead atoms. The van der Waals surface area contributed by atoms with Gasteiger partial charge in [0.25, 0.3) is 0 Å². The second-order valence-corrected chi connectivity index (χ2v) is 9.69. The van der Waals surface area contributed by atoms with E-state index in [4.69, 9.17) is 10.4 Å². The summed E-state index contributed by atoms with van der Waals surface area (Å²) in [7, 11) is 0. The molecule has 6 nitrogen and oxygen atoms in total. The first kappa shape index (κ1) is 24.8. The number of likely N-dealkylation sites (tertiary alicyclic amines) is 1. The largest absolute Gasteiger partial charge is 0.388 e. The van der Waals surface area contributed by atoms with Crippen LogP contribution in [0.4, 0.5) is 11.4 Å². The van der Waals surface area contributed by atoms with Gasteiger partial charge in [-0.05, 0) is 69.7 Å². The summed E-state index contributed by atoms with van der Waals surface area (Å²) in [6.45, 7) is 9.01. The molecule has 4 rings (SSSR count). The number of hydrogen-bond donors (Lipinski definition) is 4. The fraction of sp³-hybridized carbons (Fsp3) is 0.448. The smallest absolute Gasteiger partial charge is 0.0716 e. The number of nitrogens with one attached hydrogen (secondary N) is 4. The van der Waals surface area contributed by atoms with E-state index in [1.54, 1.807) is 0 Å². The highest BCUT2D eigenvalue weighted by Gasteiger charge is 2.22. The van der Waals surface area contributed by atoms with Gasteiger partial charge < -0.3 is 26.3 Å². The summed E-state index contributed by atoms with van der Waals surface area (Å²) in [6, 6.07) is 9.19. The number of benzene rings is 1. The van der Waals surface area contributed by atoms with Crippen molar-refractivity contribution in [2.24, 2.45) is 4.99 Å². The molecule has 0 aromatic heterocycles. The minimum atomic E-state index is 0.0869. The summed E-state index contributed by atoms with van der Waals surface area (Å²) in [4.78, 5) is 7.19. The van der Waals surface area contributed by atoms with Crippen LogP contribution in [-0.4, -0.2) is 55.1 Å². The van der Waals surface area contributed by atoms with E-state index in [1.165, 1.54) is 17.5 Å². The first-order valence-electron chi connectivity index (χ1n) is 13.0. The Morgan fingerprint density at radius 2 is 1.89 bits per heavy atom. The molecule has 1 saturated heterocycles. The third-order valence-corrected chi connectivity index (χ3v) is 7.28. The van der Waals surface area contributed by atoms with Crippen molar-refractivity contribution in [2.45, 2.75) is 63.6 Å². The maximum atomic E-state index is 7.93. The van der Waals surface area contributed by atoms with Crippen molar-refractivity contribution in [2.75, 3.05) is 30.3 Å². The van der Waals surface area contributed by atoms with Crippen molar-refractivity contribution in [3.8, 4) is 0 Å². The molecule has 3 aliphatic rings. The van der Waals surface area contributed by atoms with Gasteiger partial charge in [-0.25, -0.2) is 0 Å². The quantitative estimate of drug-likeness (QED) is 0.229. The molecule has 186 valence electrons. The van der Waals surface area contributed by atoms with Gasteiger partial charge in [-0.2, -0.15) is 0 Å². The topological polar surface area (TPSA) is 75.5 Å². The highest BCUT2D eigenvalue weighted by molar-refractivity contribution is 5.81. The van der Waals surface area contributed by atoms with E-state index in [-0.39, 0.29) is 6.04 Å². The molecular weight excluding hydrogens is 432 g/mol. The van der Waals surface area contributed by atoms with Crippen LogP contribution < -0.4 is 16.0 Å². The Labute approximate surface area is 210 Å². The monoisotopic (exact) mass is 472 g/mol. The summed E-state index contributed by atoms with van der Waals surface area (Å²) in [5, 5.41) is 18.5. The third-order valence-electron chi connectivity index (χ3n) is 7.28. The number of allylic oxidation sites excluding steroid dienone is 4. The van der Waals surface area contributed by atoms with Crippen molar-refractivity contribution in [1.29, 1.82) is 5.41 Å². The molecule has 0 amide bonds. The molecule has 2 aliphatic heterocycles. The van der Waals surface area contributed by atoms with Crippen LogP contribution in [0.5, 0.6) is 0 Å². The van der Waals surface area contributed by atoms with Gasteiger partial charge in [0.1, 0.15) is 0 Å². The average Bonchev–Trinajstić information content (AvgIpc) is 2.90. The molecule has 35 heavy (non-hydrogen) atoms. The van der Waals surface area contributed by atoms with Crippen LogP contribution in [0.15, 0.2) is 77.1 Å². The Bertz CT molecular complexity index is 986. The van der Waals surface area contributed by atoms with E-state index >= 15 is 0 Å². The van der Waals surface area contributed by atoms with Gasteiger partial charge in [-0.15, -0.1) is 0 Å². The fourth-order valence-corrected chi connectivity index (χ4v) is 5.03. The van der Waals surface area contributed by atoms with Crippen LogP contribution in [0.25, 0.3) is 0 Å². The maximum Gasteiger partial charge on any atom is 0.0716 e.